The highest BCUT2D eigenvalue weighted by atomic mass is 16.4. The third-order valence-electron chi connectivity index (χ3n) is 3.09. The Bertz CT molecular complexity index is 456. The van der Waals surface area contributed by atoms with E-state index >= 15 is 0 Å². The average molecular weight is 267 g/mol. The van der Waals surface area contributed by atoms with Gasteiger partial charge in [-0.1, -0.05) is 20.8 Å². The van der Waals surface area contributed by atoms with Gasteiger partial charge in [-0.3, -0.25) is 0 Å². The maximum atomic E-state index is 11.3. The fourth-order valence-electron chi connectivity index (χ4n) is 1.49. The number of aliphatic hydroxyl groups is 1. The topological polar surface area (TPSA) is 95.3 Å². The number of hydrogen-bond donors (Lipinski definition) is 3. The summed E-state index contributed by atoms with van der Waals surface area (Å²) in [5, 5.41) is 21.6. The van der Waals surface area contributed by atoms with Gasteiger partial charge in [-0.25, -0.2) is 14.8 Å². The standard InChI is InChI=1S/C13H21N3O3/c1-5-13(4,7-17)16-9-6-14-11(8(2)3)15-10(9)12(18)19/h6,8,16-17H,5,7H2,1-4H3,(H,18,19). The number of nitrogens with zero attached hydrogens (tertiary/aromatic N) is 2. The van der Waals surface area contributed by atoms with E-state index in [1.54, 1.807) is 0 Å². The molecule has 6 nitrogen and oxygen atoms in total. The molecule has 6 heteroatoms. The predicted octanol–water partition coefficient (Wildman–Crippen LogP) is 1.87. The Balaban J connectivity index is 3.17. The van der Waals surface area contributed by atoms with Crippen LogP contribution in [-0.4, -0.2) is 38.3 Å². The van der Waals surface area contributed by atoms with Gasteiger partial charge in [0.1, 0.15) is 5.82 Å². The van der Waals surface area contributed by atoms with Crippen molar-refractivity contribution in [3.05, 3.63) is 17.7 Å². The zero-order valence-electron chi connectivity index (χ0n) is 11.8. The van der Waals surface area contributed by atoms with Crippen molar-refractivity contribution in [2.45, 2.75) is 45.6 Å². The SMILES string of the molecule is CCC(C)(CO)Nc1cnc(C(C)C)nc1C(=O)O. The van der Waals surface area contributed by atoms with E-state index < -0.39 is 11.5 Å². The molecule has 1 unspecified atom stereocenters. The molecule has 0 radical (unpaired) electrons. The summed E-state index contributed by atoms with van der Waals surface area (Å²) in [6, 6.07) is 0. The molecule has 0 fully saturated rings. The minimum absolute atomic E-state index is 0.0579. The molecule has 1 rings (SSSR count). The molecule has 3 N–H and O–H groups in total. The summed E-state index contributed by atoms with van der Waals surface area (Å²) >= 11 is 0. The van der Waals surface area contributed by atoms with Crippen molar-refractivity contribution >= 4 is 11.7 Å². The summed E-state index contributed by atoms with van der Waals surface area (Å²) in [5.74, 6) is -0.559. The van der Waals surface area contributed by atoms with E-state index in [2.05, 4.69) is 15.3 Å². The molecule has 0 saturated heterocycles. The van der Waals surface area contributed by atoms with Gasteiger partial charge >= 0.3 is 5.97 Å². The highest BCUT2D eigenvalue weighted by Gasteiger charge is 2.24. The van der Waals surface area contributed by atoms with Gasteiger partial charge in [-0.05, 0) is 13.3 Å². The van der Waals surface area contributed by atoms with Crippen LogP contribution in [0.5, 0.6) is 0 Å². The Morgan fingerprint density at radius 3 is 2.58 bits per heavy atom. The molecule has 0 aliphatic rings. The van der Waals surface area contributed by atoms with E-state index in [0.717, 1.165) is 0 Å². The van der Waals surface area contributed by atoms with Gasteiger partial charge in [-0.2, -0.15) is 0 Å². The number of aliphatic hydroxyl groups excluding tert-OH is 1. The van der Waals surface area contributed by atoms with Crippen LogP contribution in [-0.2, 0) is 0 Å². The number of hydrogen-bond acceptors (Lipinski definition) is 5. The van der Waals surface area contributed by atoms with Crippen LogP contribution in [0.25, 0.3) is 0 Å². The molecule has 19 heavy (non-hydrogen) atoms. The van der Waals surface area contributed by atoms with Crippen LogP contribution in [0.3, 0.4) is 0 Å². The molecule has 106 valence electrons. The van der Waals surface area contributed by atoms with Crippen molar-refractivity contribution < 1.29 is 15.0 Å². The number of carbonyl (C=O) groups is 1. The first-order valence-electron chi connectivity index (χ1n) is 6.32. The molecule has 0 bridgehead atoms. The molecule has 0 aliphatic carbocycles. The zero-order chi connectivity index (χ0) is 14.6. The van der Waals surface area contributed by atoms with Gasteiger partial charge in [0.15, 0.2) is 5.69 Å². The number of aromatic nitrogens is 2. The van der Waals surface area contributed by atoms with Crippen molar-refractivity contribution in [2.24, 2.45) is 0 Å². The third-order valence-corrected chi connectivity index (χ3v) is 3.09. The fraction of sp³-hybridized carbons (Fsp3) is 0.615. The van der Waals surface area contributed by atoms with Crippen molar-refractivity contribution in [1.82, 2.24) is 9.97 Å². The molecular formula is C13H21N3O3. The van der Waals surface area contributed by atoms with Crippen molar-refractivity contribution in [3.8, 4) is 0 Å². The lowest BCUT2D eigenvalue weighted by atomic mass is 10.00. The predicted molar refractivity (Wildman–Crippen MR) is 72.5 cm³/mol. The normalized spacial score (nSPS) is 14.2. The van der Waals surface area contributed by atoms with E-state index in [-0.39, 0.29) is 18.2 Å². The van der Waals surface area contributed by atoms with Crippen molar-refractivity contribution in [2.75, 3.05) is 11.9 Å². The van der Waals surface area contributed by atoms with Gasteiger partial charge in [0.25, 0.3) is 0 Å². The van der Waals surface area contributed by atoms with Crippen LogP contribution in [0.4, 0.5) is 5.69 Å². The summed E-state index contributed by atoms with van der Waals surface area (Å²) < 4.78 is 0. The number of carboxylic acid groups (broad SMARTS) is 1. The summed E-state index contributed by atoms with van der Waals surface area (Å²) in [5.41, 5.74) is -0.325. The van der Waals surface area contributed by atoms with Crippen LogP contribution < -0.4 is 5.32 Å². The number of nitrogens with one attached hydrogen (secondary N) is 1. The third kappa shape index (κ3) is 3.64. The summed E-state index contributed by atoms with van der Waals surface area (Å²) in [6.45, 7) is 7.42. The fourth-order valence-corrected chi connectivity index (χ4v) is 1.49. The van der Waals surface area contributed by atoms with Gasteiger partial charge in [0.05, 0.1) is 24.0 Å². The van der Waals surface area contributed by atoms with Crippen LogP contribution in [0.1, 0.15) is 56.3 Å². The highest BCUT2D eigenvalue weighted by molar-refractivity contribution is 5.91. The summed E-state index contributed by atoms with van der Waals surface area (Å²) in [4.78, 5) is 19.5. The Hall–Kier alpha value is -1.69. The Kier molecular flexibility index (Phi) is 4.83. The average Bonchev–Trinajstić information content (AvgIpc) is 2.38. The lowest BCUT2D eigenvalue weighted by Gasteiger charge is -2.28. The number of aromatic carboxylic acids is 1. The van der Waals surface area contributed by atoms with Gasteiger partial charge < -0.3 is 15.5 Å². The molecule has 1 aromatic rings. The van der Waals surface area contributed by atoms with Crippen LogP contribution >= 0.6 is 0 Å². The van der Waals surface area contributed by atoms with E-state index in [1.807, 2.05) is 27.7 Å². The number of carboxylic acids is 1. The largest absolute Gasteiger partial charge is 0.476 e. The summed E-state index contributed by atoms with van der Waals surface area (Å²) in [7, 11) is 0. The molecule has 0 aliphatic heterocycles. The highest BCUT2D eigenvalue weighted by Crippen LogP contribution is 2.22. The lowest BCUT2D eigenvalue weighted by Crippen LogP contribution is -2.38. The first-order valence-corrected chi connectivity index (χ1v) is 6.32. The van der Waals surface area contributed by atoms with Crippen LogP contribution in [0.2, 0.25) is 0 Å². The second kappa shape index (κ2) is 5.97. The van der Waals surface area contributed by atoms with Gasteiger partial charge in [-0.15, -0.1) is 0 Å². The van der Waals surface area contributed by atoms with Crippen molar-refractivity contribution in [1.29, 1.82) is 0 Å². The maximum Gasteiger partial charge on any atom is 0.356 e. The van der Waals surface area contributed by atoms with E-state index in [4.69, 9.17) is 0 Å². The van der Waals surface area contributed by atoms with Gasteiger partial charge in [0, 0.05) is 5.92 Å². The Labute approximate surface area is 112 Å². The Morgan fingerprint density at radius 1 is 1.53 bits per heavy atom. The molecule has 0 spiro atoms. The summed E-state index contributed by atoms with van der Waals surface area (Å²) in [6.07, 6.45) is 2.11. The zero-order valence-corrected chi connectivity index (χ0v) is 11.8. The molecule has 0 amide bonds. The number of anilines is 1. The molecule has 0 aromatic carbocycles. The van der Waals surface area contributed by atoms with Crippen molar-refractivity contribution in [3.63, 3.8) is 0 Å². The minimum atomic E-state index is -1.11. The quantitative estimate of drug-likeness (QED) is 0.728. The van der Waals surface area contributed by atoms with Crippen LogP contribution in [0, 0.1) is 0 Å². The molecule has 0 saturated carbocycles. The second-order valence-electron chi connectivity index (χ2n) is 5.15. The molecule has 1 atom stereocenters. The molecule has 1 aromatic heterocycles. The first kappa shape index (κ1) is 15.4. The molecular weight excluding hydrogens is 246 g/mol. The monoisotopic (exact) mass is 267 g/mol. The lowest BCUT2D eigenvalue weighted by molar-refractivity contribution is 0.0690. The van der Waals surface area contributed by atoms with Crippen LogP contribution in [0.15, 0.2) is 6.20 Å². The smallest absolute Gasteiger partial charge is 0.356 e. The maximum absolute atomic E-state index is 11.3. The first-order chi connectivity index (χ1) is 8.83. The molecule has 1 heterocycles. The second-order valence-corrected chi connectivity index (χ2v) is 5.15. The van der Waals surface area contributed by atoms with E-state index in [9.17, 15) is 15.0 Å². The Morgan fingerprint density at radius 2 is 2.16 bits per heavy atom. The van der Waals surface area contributed by atoms with E-state index in [1.165, 1.54) is 6.20 Å². The van der Waals surface area contributed by atoms with Gasteiger partial charge in [0.2, 0.25) is 0 Å². The van der Waals surface area contributed by atoms with E-state index in [0.29, 0.717) is 17.9 Å². The number of rotatable bonds is 6. The minimum Gasteiger partial charge on any atom is -0.476 e.